The smallest absolute Gasteiger partial charge is 0.335 e. The second kappa shape index (κ2) is 3.77. The average molecular weight is 203 g/mol. The molecule has 0 unspecified atom stereocenters. The molecule has 0 spiro atoms. The van der Waals surface area contributed by atoms with Gasteiger partial charge >= 0.3 is 5.97 Å². The van der Waals surface area contributed by atoms with Crippen molar-refractivity contribution in [2.75, 3.05) is 0 Å². The van der Waals surface area contributed by atoms with Crippen molar-refractivity contribution in [3.05, 3.63) is 36.2 Å². The van der Waals surface area contributed by atoms with E-state index in [2.05, 4.69) is 11.5 Å². The first-order chi connectivity index (χ1) is 7.20. The monoisotopic (exact) mass is 203 g/mol. The Bertz CT molecular complexity index is 499. The molecule has 0 atom stereocenters. The highest BCUT2D eigenvalue weighted by Gasteiger charge is 2.04. The Balaban J connectivity index is 2.47. The van der Waals surface area contributed by atoms with Crippen LogP contribution >= 0.6 is 0 Å². The van der Waals surface area contributed by atoms with Gasteiger partial charge < -0.3 is 9.67 Å². The second-order valence-corrected chi connectivity index (χ2v) is 3.64. The third-order valence-electron chi connectivity index (χ3n) is 2.43. The van der Waals surface area contributed by atoms with Crippen molar-refractivity contribution in [2.45, 2.75) is 19.9 Å². The summed E-state index contributed by atoms with van der Waals surface area (Å²) < 4.78 is 2.09. The fourth-order valence-corrected chi connectivity index (χ4v) is 1.72. The maximum atomic E-state index is 10.8. The predicted molar refractivity (Wildman–Crippen MR) is 59.2 cm³/mol. The van der Waals surface area contributed by atoms with Crippen molar-refractivity contribution in [3.8, 4) is 0 Å². The minimum atomic E-state index is -0.875. The van der Waals surface area contributed by atoms with Crippen LogP contribution in [0.25, 0.3) is 10.8 Å². The molecule has 0 radical (unpaired) electrons. The average Bonchev–Trinajstić information content (AvgIpc) is 2.59. The normalized spacial score (nSPS) is 10.7. The lowest BCUT2D eigenvalue weighted by Gasteiger charge is -1.95. The van der Waals surface area contributed by atoms with Crippen molar-refractivity contribution in [3.63, 3.8) is 0 Å². The molecular formula is C12H13NO2. The van der Waals surface area contributed by atoms with Gasteiger partial charge in [-0.05, 0) is 23.9 Å². The topological polar surface area (TPSA) is 42.2 Å². The van der Waals surface area contributed by atoms with Crippen LogP contribution < -0.4 is 0 Å². The molecular weight excluding hydrogens is 190 g/mol. The molecule has 2 aromatic rings. The summed E-state index contributed by atoms with van der Waals surface area (Å²) in [7, 11) is 0. The second-order valence-electron chi connectivity index (χ2n) is 3.64. The van der Waals surface area contributed by atoms with Gasteiger partial charge in [-0.1, -0.05) is 13.0 Å². The van der Waals surface area contributed by atoms with Crippen LogP contribution in [-0.2, 0) is 6.54 Å². The maximum absolute atomic E-state index is 10.8. The highest BCUT2D eigenvalue weighted by Crippen LogP contribution is 2.17. The molecule has 3 heteroatoms. The summed E-state index contributed by atoms with van der Waals surface area (Å²) >= 11 is 0. The lowest BCUT2D eigenvalue weighted by atomic mass is 10.1. The minimum absolute atomic E-state index is 0.344. The van der Waals surface area contributed by atoms with E-state index in [0.717, 1.165) is 23.7 Å². The van der Waals surface area contributed by atoms with Crippen LogP contribution in [0.15, 0.2) is 30.6 Å². The molecule has 0 saturated heterocycles. The summed E-state index contributed by atoms with van der Waals surface area (Å²) in [4.78, 5) is 10.8. The third kappa shape index (κ3) is 1.86. The van der Waals surface area contributed by atoms with Crippen LogP contribution in [0.3, 0.4) is 0 Å². The van der Waals surface area contributed by atoms with Gasteiger partial charge in [-0.15, -0.1) is 0 Å². The van der Waals surface area contributed by atoms with Gasteiger partial charge in [0.15, 0.2) is 0 Å². The van der Waals surface area contributed by atoms with E-state index < -0.39 is 5.97 Å². The Kier molecular flexibility index (Phi) is 2.46. The molecule has 2 rings (SSSR count). The number of carboxylic acids is 1. The van der Waals surface area contributed by atoms with Gasteiger partial charge in [0.25, 0.3) is 0 Å². The Morgan fingerprint density at radius 3 is 2.73 bits per heavy atom. The number of nitrogens with zero attached hydrogens (tertiary/aromatic N) is 1. The molecule has 0 amide bonds. The summed E-state index contributed by atoms with van der Waals surface area (Å²) in [5.74, 6) is -0.875. The molecule has 0 saturated carbocycles. The number of hydrogen-bond acceptors (Lipinski definition) is 1. The van der Waals surface area contributed by atoms with E-state index in [9.17, 15) is 4.79 Å². The summed E-state index contributed by atoms with van der Waals surface area (Å²) in [5.41, 5.74) is 0.344. The number of aromatic nitrogens is 1. The predicted octanol–water partition coefficient (Wildman–Crippen LogP) is 2.75. The van der Waals surface area contributed by atoms with E-state index in [1.165, 1.54) is 0 Å². The molecule has 78 valence electrons. The number of benzene rings is 1. The van der Waals surface area contributed by atoms with Crippen LogP contribution in [-0.4, -0.2) is 15.6 Å². The number of aromatic carboxylic acids is 1. The zero-order chi connectivity index (χ0) is 10.8. The van der Waals surface area contributed by atoms with E-state index in [1.807, 2.05) is 18.5 Å². The zero-order valence-electron chi connectivity index (χ0n) is 8.60. The van der Waals surface area contributed by atoms with Gasteiger partial charge in [-0.2, -0.15) is 0 Å². The largest absolute Gasteiger partial charge is 0.478 e. The minimum Gasteiger partial charge on any atom is -0.478 e. The van der Waals surface area contributed by atoms with Gasteiger partial charge in [0.2, 0.25) is 0 Å². The Hall–Kier alpha value is -1.77. The Morgan fingerprint density at radius 1 is 1.33 bits per heavy atom. The van der Waals surface area contributed by atoms with E-state index >= 15 is 0 Å². The Morgan fingerprint density at radius 2 is 2.07 bits per heavy atom. The van der Waals surface area contributed by atoms with Crippen molar-refractivity contribution in [1.82, 2.24) is 4.57 Å². The molecule has 1 aromatic heterocycles. The van der Waals surface area contributed by atoms with Crippen LogP contribution in [0.2, 0.25) is 0 Å². The first-order valence-electron chi connectivity index (χ1n) is 5.03. The number of aryl methyl sites for hydroxylation is 1. The highest BCUT2D eigenvalue weighted by atomic mass is 16.4. The summed E-state index contributed by atoms with van der Waals surface area (Å²) in [6, 6.07) is 5.20. The molecule has 1 N–H and O–H groups in total. The standard InChI is InChI=1S/C12H13NO2/c1-2-5-13-7-10-4-3-9(12(14)15)6-11(10)8-13/h3-4,6-8H,2,5H2,1H3,(H,14,15). The lowest BCUT2D eigenvalue weighted by molar-refractivity contribution is 0.0697. The third-order valence-corrected chi connectivity index (χ3v) is 2.43. The molecule has 1 aromatic carbocycles. The maximum Gasteiger partial charge on any atom is 0.335 e. The number of fused-ring (bicyclic) bond motifs is 1. The van der Waals surface area contributed by atoms with Crippen LogP contribution in [0.4, 0.5) is 0 Å². The van der Waals surface area contributed by atoms with Crippen molar-refractivity contribution in [2.24, 2.45) is 0 Å². The number of rotatable bonds is 3. The van der Waals surface area contributed by atoms with Gasteiger partial charge in [0, 0.05) is 24.3 Å². The molecule has 0 aliphatic carbocycles. The molecule has 0 bridgehead atoms. The first kappa shape index (κ1) is 9.77. The molecule has 15 heavy (non-hydrogen) atoms. The molecule has 1 heterocycles. The van der Waals surface area contributed by atoms with Crippen LogP contribution in [0.5, 0.6) is 0 Å². The zero-order valence-corrected chi connectivity index (χ0v) is 8.60. The number of hydrogen-bond donors (Lipinski definition) is 1. The number of carboxylic acid groups (broad SMARTS) is 1. The van der Waals surface area contributed by atoms with Gasteiger partial charge in [-0.3, -0.25) is 0 Å². The van der Waals surface area contributed by atoms with Crippen LogP contribution in [0, 0.1) is 0 Å². The lowest BCUT2D eigenvalue weighted by Crippen LogP contribution is -1.94. The quantitative estimate of drug-likeness (QED) is 0.833. The van der Waals surface area contributed by atoms with Gasteiger partial charge in [-0.25, -0.2) is 4.79 Å². The SMILES string of the molecule is CCCn1cc2ccc(C(=O)O)cc2c1. The van der Waals surface area contributed by atoms with E-state index in [0.29, 0.717) is 5.56 Å². The van der Waals surface area contributed by atoms with E-state index in [4.69, 9.17) is 5.11 Å². The van der Waals surface area contributed by atoms with Gasteiger partial charge in [0.1, 0.15) is 0 Å². The fraction of sp³-hybridized carbons (Fsp3) is 0.250. The van der Waals surface area contributed by atoms with Crippen molar-refractivity contribution < 1.29 is 9.90 Å². The summed E-state index contributed by atoms with van der Waals surface area (Å²) in [5, 5.41) is 10.9. The van der Waals surface area contributed by atoms with E-state index in [1.54, 1.807) is 12.1 Å². The fourth-order valence-electron chi connectivity index (χ4n) is 1.72. The molecule has 3 nitrogen and oxygen atoms in total. The van der Waals surface area contributed by atoms with Crippen LogP contribution in [0.1, 0.15) is 23.7 Å². The molecule has 0 aliphatic rings. The summed E-state index contributed by atoms with van der Waals surface area (Å²) in [6.07, 6.45) is 5.11. The van der Waals surface area contributed by atoms with Gasteiger partial charge in [0.05, 0.1) is 5.56 Å². The first-order valence-corrected chi connectivity index (χ1v) is 5.03. The van der Waals surface area contributed by atoms with E-state index in [-0.39, 0.29) is 0 Å². The highest BCUT2D eigenvalue weighted by molar-refractivity contribution is 5.94. The molecule has 0 aliphatic heterocycles. The number of carbonyl (C=O) groups is 1. The van der Waals surface area contributed by atoms with Crippen molar-refractivity contribution in [1.29, 1.82) is 0 Å². The molecule has 0 fully saturated rings. The summed E-state index contributed by atoms with van der Waals surface area (Å²) in [6.45, 7) is 3.09. The van der Waals surface area contributed by atoms with Crippen molar-refractivity contribution >= 4 is 16.7 Å². The Labute approximate surface area is 87.9 Å².